The van der Waals surface area contributed by atoms with Gasteiger partial charge < -0.3 is 9.73 Å². The van der Waals surface area contributed by atoms with E-state index in [2.05, 4.69) is 20.8 Å². The fraction of sp³-hybridized carbons (Fsp3) is 0.200. The molecule has 124 valence electrons. The Kier molecular flexibility index (Phi) is 5.50. The van der Waals surface area contributed by atoms with E-state index in [1.54, 1.807) is 35.2 Å². The van der Waals surface area contributed by atoms with Gasteiger partial charge >= 0.3 is 0 Å². The number of hydrogen-bond donors (Lipinski definition) is 1. The largest absolute Gasteiger partial charge is 0.467 e. The molecule has 0 unspecified atom stereocenters. The molecule has 0 saturated carbocycles. The Morgan fingerprint density at radius 1 is 1.33 bits per heavy atom. The van der Waals surface area contributed by atoms with Crippen LogP contribution in [-0.2, 0) is 11.3 Å². The number of benzene rings is 1. The highest BCUT2D eigenvalue weighted by atomic mass is 35.5. The highest BCUT2D eigenvalue weighted by Gasteiger charge is 2.10. The van der Waals surface area contributed by atoms with Gasteiger partial charge in [-0.3, -0.25) is 4.79 Å². The third-order valence-electron chi connectivity index (χ3n) is 3.05. The zero-order valence-corrected chi connectivity index (χ0v) is 14.1. The first-order valence-corrected chi connectivity index (χ1v) is 8.54. The van der Waals surface area contributed by atoms with Crippen LogP contribution in [0.4, 0.5) is 5.69 Å². The van der Waals surface area contributed by atoms with Crippen molar-refractivity contribution in [3.63, 3.8) is 0 Å². The lowest BCUT2D eigenvalue weighted by Gasteiger charge is -2.05. The fourth-order valence-electron chi connectivity index (χ4n) is 1.97. The predicted molar refractivity (Wildman–Crippen MR) is 91.0 cm³/mol. The third kappa shape index (κ3) is 4.59. The van der Waals surface area contributed by atoms with E-state index in [1.165, 1.54) is 11.8 Å². The van der Waals surface area contributed by atoms with Crippen LogP contribution in [0, 0.1) is 0 Å². The van der Waals surface area contributed by atoms with Crippen LogP contribution in [0.5, 0.6) is 0 Å². The molecule has 1 aromatic carbocycles. The molecule has 2 heterocycles. The van der Waals surface area contributed by atoms with E-state index in [1.807, 2.05) is 12.1 Å². The monoisotopic (exact) mass is 363 g/mol. The van der Waals surface area contributed by atoms with Crippen molar-refractivity contribution in [2.24, 2.45) is 0 Å². The number of rotatable bonds is 7. The van der Waals surface area contributed by atoms with Gasteiger partial charge in [0.05, 0.1) is 6.26 Å². The summed E-state index contributed by atoms with van der Waals surface area (Å²) in [7, 11) is 0. The minimum atomic E-state index is -0.0881. The fourth-order valence-corrected chi connectivity index (χ4v) is 2.98. The summed E-state index contributed by atoms with van der Waals surface area (Å²) < 4.78 is 6.92. The molecule has 0 saturated heterocycles. The maximum absolute atomic E-state index is 12.0. The van der Waals surface area contributed by atoms with Gasteiger partial charge in [0, 0.05) is 22.9 Å². The standard InChI is InChI=1S/C15H14ClN5O2S/c16-11-3-1-4-12(9-11)17-14(22)6-8-24-15-18-19-20-21(15)10-13-5-2-7-23-13/h1-5,7,9H,6,8,10H2,(H,17,22). The lowest BCUT2D eigenvalue weighted by molar-refractivity contribution is -0.115. The van der Waals surface area contributed by atoms with Gasteiger partial charge in [-0.25, -0.2) is 4.68 Å². The van der Waals surface area contributed by atoms with Crippen LogP contribution >= 0.6 is 23.4 Å². The third-order valence-corrected chi connectivity index (χ3v) is 4.25. The quantitative estimate of drug-likeness (QED) is 0.649. The second-order valence-corrected chi connectivity index (χ2v) is 6.35. The van der Waals surface area contributed by atoms with Crippen LogP contribution in [0.2, 0.25) is 5.02 Å². The summed E-state index contributed by atoms with van der Waals surface area (Å²) in [6, 6.07) is 10.7. The summed E-state index contributed by atoms with van der Waals surface area (Å²) >= 11 is 7.30. The Labute approximate surface area is 147 Å². The topological polar surface area (TPSA) is 85.8 Å². The summed E-state index contributed by atoms with van der Waals surface area (Å²) in [6.45, 7) is 0.455. The van der Waals surface area contributed by atoms with Crippen LogP contribution in [0.3, 0.4) is 0 Å². The molecule has 3 aromatic rings. The van der Waals surface area contributed by atoms with Gasteiger partial charge in [-0.2, -0.15) is 0 Å². The Hall–Kier alpha value is -2.32. The molecule has 24 heavy (non-hydrogen) atoms. The first-order valence-electron chi connectivity index (χ1n) is 7.17. The molecule has 0 atom stereocenters. The molecule has 9 heteroatoms. The molecule has 0 spiro atoms. The first-order chi connectivity index (χ1) is 11.7. The molecular weight excluding hydrogens is 350 g/mol. The van der Waals surface area contributed by atoms with Gasteiger partial charge in [-0.05, 0) is 40.8 Å². The van der Waals surface area contributed by atoms with Crippen molar-refractivity contribution in [1.29, 1.82) is 0 Å². The molecule has 0 aliphatic carbocycles. The number of amides is 1. The zero-order valence-electron chi connectivity index (χ0n) is 12.6. The van der Waals surface area contributed by atoms with Crippen molar-refractivity contribution in [3.05, 3.63) is 53.4 Å². The highest BCUT2D eigenvalue weighted by Crippen LogP contribution is 2.18. The average Bonchev–Trinajstić information content (AvgIpc) is 3.20. The number of tetrazole rings is 1. The number of nitrogens with one attached hydrogen (secondary N) is 1. The van der Waals surface area contributed by atoms with Crippen molar-refractivity contribution >= 4 is 35.0 Å². The highest BCUT2D eigenvalue weighted by molar-refractivity contribution is 7.99. The molecule has 1 N–H and O–H groups in total. The lowest BCUT2D eigenvalue weighted by atomic mass is 10.3. The Bertz CT molecular complexity index is 806. The smallest absolute Gasteiger partial charge is 0.225 e. The summed E-state index contributed by atoms with van der Waals surface area (Å²) in [5.41, 5.74) is 0.681. The number of aromatic nitrogens is 4. The molecule has 0 fully saturated rings. The van der Waals surface area contributed by atoms with Crippen molar-refractivity contribution in [2.75, 3.05) is 11.1 Å². The molecule has 2 aromatic heterocycles. The molecular formula is C15H14ClN5O2S. The molecule has 0 aliphatic heterocycles. The van der Waals surface area contributed by atoms with Gasteiger partial charge in [0.1, 0.15) is 12.3 Å². The van der Waals surface area contributed by atoms with Crippen LogP contribution in [-0.4, -0.2) is 31.9 Å². The minimum Gasteiger partial charge on any atom is -0.467 e. The van der Waals surface area contributed by atoms with Crippen LogP contribution < -0.4 is 5.32 Å². The minimum absolute atomic E-state index is 0.0881. The van der Waals surface area contributed by atoms with E-state index in [0.717, 1.165) is 5.76 Å². The number of hydrogen-bond acceptors (Lipinski definition) is 6. The number of carbonyl (C=O) groups excluding carboxylic acids is 1. The average molecular weight is 364 g/mol. The summed E-state index contributed by atoms with van der Waals surface area (Å²) in [4.78, 5) is 12.0. The van der Waals surface area contributed by atoms with E-state index in [0.29, 0.717) is 34.6 Å². The Morgan fingerprint density at radius 2 is 2.25 bits per heavy atom. The van der Waals surface area contributed by atoms with Gasteiger partial charge in [0.15, 0.2) is 0 Å². The molecule has 0 aliphatic rings. The molecule has 3 rings (SSSR count). The SMILES string of the molecule is O=C(CCSc1nnnn1Cc1ccco1)Nc1cccc(Cl)c1. The predicted octanol–water partition coefficient (Wildman–Crippen LogP) is 3.09. The van der Waals surface area contributed by atoms with Gasteiger partial charge in [0.25, 0.3) is 0 Å². The normalized spacial score (nSPS) is 10.7. The second kappa shape index (κ2) is 7.98. The van der Waals surface area contributed by atoms with E-state index >= 15 is 0 Å². The molecule has 0 bridgehead atoms. The summed E-state index contributed by atoms with van der Waals surface area (Å²) in [6.07, 6.45) is 1.94. The number of anilines is 1. The van der Waals surface area contributed by atoms with Gasteiger partial charge in [-0.1, -0.05) is 29.4 Å². The molecule has 1 amide bonds. The van der Waals surface area contributed by atoms with Crippen molar-refractivity contribution in [1.82, 2.24) is 20.2 Å². The van der Waals surface area contributed by atoms with E-state index in [-0.39, 0.29) is 5.91 Å². The van der Waals surface area contributed by atoms with Crippen molar-refractivity contribution in [2.45, 2.75) is 18.1 Å². The van der Waals surface area contributed by atoms with Crippen LogP contribution in [0.15, 0.2) is 52.2 Å². The van der Waals surface area contributed by atoms with Gasteiger partial charge in [0.2, 0.25) is 11.1 Å². The Balaban J connectivity index is 1.48. The maximum Gasteiger partial charge on any atom is 0.225 e. The number of furan rings is 1. The number of nitrogens with zero attached hydrogens (tertiary/aromatic N) is 4. The molecule has 7 nitrogen and oxygen atoms in total. The number of halogens is 1. The van der Waals surface area contributed by atoms with Crippen LogP contribution in [0.1, 0.15) is 12.2 Å². The number of thioether (sulfide) groups is 1. The lowest BCUT2D eigenvalue weighted by Crippen LogP contribution is -2.12. The van der Waals surface area contributed by atoms with Gasteiger partial charge in [-0.15, -0.1) is 5.10 Å². The Morgan fingerprint density at radius 3 is 3.04 bits per heavy atom. The second-order valence-electron chi connectivity index (χ2n) is 4.86. The summed E-state index contributed by atoms with van der Waals surface area (Å²) in [5, 5.41) is 15.6. The first kappa shape index (κ1) is 16.5. The van der Waals surface area contributed by atoms with E-state index < -0.39 is 0 Å². The van der Waals surface area contributed by atoms with E-state index in [4.69, 9.17) is 16.0 Å². The number of carbonyl (C=O) groups is 1. The van der Waals surface area contributed by atoms with Crippen molar-refractivity contribution < 1.29 is 9.21 Å². The van der Waals surface area contributed by atoms with Crippen molar-refractivity contribution in [3.8, 4) is 0 Å². The molecule has 0 radical (unpaired) electrons. The van der Waals surface area contributed by atoms with Crippen LogP contribution in [0.25, 0.3) is 0 Å². The van der Waals surface area contributed by atoms with E-state index in [9.17, 15) is 4.79 Å². The zero-order chi connectivity index (χ0) is 16.8. The summed E-state index contributed by atoms with van der Waals surface area (Å²) in [5.74, 6) is 1.24. The maximum atomic E-state index is 12.0.